The van der Waals surface area contributed by atoms with Crippen molar-refractivity contribution in [2.24, 2.45) is 11.7 Å². The van der Waals surface area contributed by atoms with Crippen LogP contribution < -0.4 is 11.1 Å². The number of nitrogens with one attached hydrogen (secondary N) is 1. The Morgan fingerprint density at radius 3 is 2.75 bits per heavy atom. The third kappa shape index (κ3) is 3.58. The third-order valence-electron chi connectivity index (χ3n) is 4.25. The Morgan fingerprint density at radius 2 is 2.15 bits per heavy atom. The lowest BCUT2D eigenvalue weighted by atomic mass is 10.1. The molecule has 0 saturated heterocycles. The van der Waals surface area contributed by atoms with Gasteiger partial charge in [0.05, 0.1) is 6.54 Å². The average Bonchev–Trinajstić information content (AvgIpc) is 3.20. The molecule has 3 N–H and O–H groups in total. The molecule has 1 atom stereocenters. The van der Waals surface area contributed by atoms with Gasteiger partial charge in [0.15, 0.2) is 0 Å². The summed E-state index contributed by atoms with van der Waals surface area (Å²) in [6, 6.07) is 6.30. The van der Waals surface area contributed by atoms with Gasteiger partial charge in [-0.2, -0.15) is 0 Å². The van der Waals surface area contributed by atoms with E-state index in [1.807, 2.05) is 26.1 Å². The highest BCUT2D eigenvalue weighted by Crippen LogP contribution is 2.34. The molecule has 2 rings (SSSR count). The summed E-state index contributed by atoms with van der Waals surface area (Å²) >= 11 is 0. The van der Waals surface area contributed by atoms with E-state index in [1.54, 1.807) is 0 Å². The van der Waals surface area contributed by atoms with E-state index < -0.39 is 0 Å². The van der Waals surface area contributed by atoms with E-state index in [1.165, 1.54) is 18.4 Å². The fourth-order valence-electron chi connectivity index (χ4n) is 2.63. The van der Waals surface area contributed by atoms with Crippen molar-refractivity contribution in [3.8, 4) is 0 Å². The predicted molar refractivity (Wildman–Crippen MR) is 82.7 cm³/mol. The smallest absolute Gasteiger partial charge is 0.238 e. The van der Waals surface area contributed by atoms with Crippen molar-refractivity contribution in [1.29, 1.82) is 0 Å². The van der Waals surface area contributed by atoms with Gasteiger partial charge in [-0.3, -0.25) is 9.69 Å². The molecule has 1 aliphatic carbocycles. The molecule has 0 aromatic heterocycles. The molecule has 0 aliphatic heterocycles. The Bertz CT molecular complexity index is 483. The highest BCUT2D eigenvalue weighted by molar-refractivity contribution is 5.93. The first-order valence-electron chi connectivity index (χ1n) is 7.29. The largest absolute Gasteiger partial charge is 0.329 e. The van der Waals surface area contributed by atoms with E-state index in [2.05, 4.69) is 23.2 Å². The number of hydrogen-bond acceptors (Lipinski definition) is 3. The van der Waals surface area contributed by atoms with Crippen LogP contribution in [0.3, 0.4) is 0 Å². The van der Waals surface area contributed by atoms with Gasteiger partial charge in [-0.25, -0.2) is 0 Å². The van der Waals surface area contributed by atoms with Crippen LogP contribution in [0, 0.1) is 19.8 Å². The molecule has 1 aromatic rings. The van der Waals surface area contributed by atoms with E-state index in [0.29, 0.717) is 25.0 Å². The van der Waals surface area contributed by atoms with E-state index in [4.69, 9.17) is 5.73 Å². The molecule has 1 amide bonds. The van der Waals surface area contributed by atoms with Crippen molar-refractivity contribution in [2.75, 3.05) is 25.5 Å². The van der Waals surface area contributed by atoms with Crippen LogP contribution in [-0.2, 0) is 4.79 Å². The summed E-state index contributed by atoms with van der Waals surface area (Å²) < 4.78 is 0. The summed E-state index contributed by atoms with van der Waals surface area (Å²) in [5.41, 5.74) is 9.03. The first kappa shape index (κ1) is 15.0. The molecular formula is C16H25N3O. The normalized spacial score (nSPS) is 16.2. The van der Waals surface area contributed by atoms with Crippen LogP contribution in [-0.4, -0.2) is 37.0 Å². The van der Waals surface area contributed by atoms with Crippen LogP contribution in [0.4, 0.5) is 5.69 Å². The van der Waals surface area contributed by atoms with Gasteiger partial charge < -0.3 is 11.1 Å². The predicted octanol–water partition coefficient (Wildman–Crippen LogP) is 1.91. The molecule has 0 spiro atoms. The van der Waals surface area contributed by atoms with Crippen molar-refractivity contribution < 1.29 is 4.79 Å². The molecule has 0 heterocycles. The number of carbonyl (C=O) groups excluding carboxylic acids is 1. The molecule has 4 nitrogen and oxygen atoms in total. The van der Waals surface area contributed by atoms with E-state index in [9.17, 15) is 4.79 Å². The maximum absolute atomic E-state index is 12.2. The second kappa shape index (κ2) is 6.37. The Labute approximate surface area is 121 Å². The molecule has 20 heavy (non-hydrogen) atoms. The Hall–Kier alpha value is -1.39. The number of rotatable bonds is 6. The van der Waals surface area contributed by atoms with Crippen LogP contribution in [0.15, 0.2) is 18.2 Å². The summed E-state index contributed by atoms with van der Waals surface area (Å²) in [5, 5.41) is 3.00. The molecule has 0 radical (unpaired) electrons. The van der Waals surface area contributed by atoms with Gasteiger partial charge in [-0.05, 0) is 56.8 Å². The highest BCUT2D eigenvalue weighted by atomic mass is 16.2. The lowest BCUT2D eigenvalue weighted by Crippen LogP contribution is -2.43. The molecule has 0 bridgehead atoms. The zero-order valence-electron chi connectivity index (χ0n) is 12.6. The fourth-order valence-corrected chi connectivity index (χ4v) is 2.63. The molecular weight excluding hydrogens is 250 g/mol. The monoisotopic (exact) mass is 275 g/mol. The van der Waals surface area contributed by atoms with Crippen molar-refractivity contribution in [3.05, 3.63) is 29.3 Å². The fraction of sp³-hybridized carbons (Fsp3) is 0.562. The molecule has 1 fully saturated rings. The second-order valence-electron chi connectivity index (χ2n) is 5.85. The third-order valence-corrected chi connectivity index (χ3v) is 4.25. The van der Waals surface area contributed by atoms with Crippen LogP contribution in [0.25, 0.3) is 0 Å². The SMILES string of the molecule is Cc1cccc(NC(=O)CN(C)C(CN)C2CC2)c1C. The summed E-state index contributed by atoms with van der Waals surface area (Å²) in [7, 11) is 1.98. The van der Waals surface area contributed by atoms with Crippen LogP contribution in [0.1, 0.15) is 24.0 Å². The number of amides is 1. The van der Waals surface area contributed by atoms with Crippen LogP contribution in [0.2, 0.25) is 0 Å². The number of carbonyl (C=O) groups is 1. The van der Waals surface area contributed by atoms with Crippen molar-refractivity contribution in [1.82, 2.24) is 4.90 Å². The zero-order chi connectivity index (χ0) is 14.7. The van der Waals surface area contributed by atoms with Crippen LogP contribution >= 0.6 is 0 Å². The Kier molecular flexibility index (Phi) is 4.78. The minimum atomic E-state index is 0.0281. The summed E-state index contributed by atoms with van der Waals surface area (Å²) in [5.74, 6) is 0.707. The quantitative estimate of drug-likeness (QED) is 0.834. The maximum Gasteiger partial charge on any atom is 0.238 e. The lowest BCUT2D eigenvalue weighted by molar-refractivity contribution is -0.117. The first-order chi connectivity index (χ1) is 9.52. The zero-order valence-corrected chi connectivity index (χ0v) is 12.6. The number of hydrogen-bond donors (Lipinski definition) is 2. The van der Waals surface area contributed by atoms with Gasteiger partial charge in [0.25, 0.3) is 0 Å². The van der Waals surface area contributed by atoms with Crippen molar-refractivity contribution >= 4 is 11.6 Å². The van der Waals surface area contributed by atoms with E-state index in [0.717, 1.165) is 11.3 Å². The average molecular weight is 275 g/mol. The second-order valence-corrected chi connectivity index (χ2v) is 5.85. The Balaban J connectivity index is 1.93. The molecule has 1 aliphatic rings. The van der Waals surface area contributed by atoms with Gasteiger partial charge in [-0.1, -0.05) is 12.1 Å². The van der Waals surface area contributed by atoms with Crippen molar-refractivity contribution in [3.63, 3.8) is 0 Å². The first-order valence-corrected chi connectivity index (χ1v) is 7.29. The molecule has 4 heteroatoms. The number of anilines is 1. The molecule has 1 unspecified atom stereocenters. The number of aryl methyl sites for hydroxylation is 1. The highest BCUT2D eigenvalue weighted by Gasteiger charge is 2.33. The van der Waals surface area contributed by atoms with E-state index >= 15 is 0 Å². The van der Waals surface area contributed by atoms with E-state index in [-0.39, 0.29) is 5.91 Å². The van der Waals surface area contributed by atoms with Crippen molar-refractivity contribution in [2.45, 2.75) is 32.7 Å². The summed E-state index contributed by atoms with van der Waals surface area (Å²) in [6.07, 6.45) is 2.48. The molecule has 1 aromatic carbocycles. The lowest BCUT2D eigenvalue weighted by Gasteiger charge is -2.26. The standard InChI is InChI=1S/C16H25N3O/c1-11-5-4-6-14(12(11)2)18-16(20)10-19(3)15(9-17)13-7-8-13/h4-6,13,15H,7-10,17H2,1-3H3,(H,18,20). The minimum Gasteiger partial charge on any atom is -0.329 e. The van der Waals surface area contributed by atoms with Gasteiger partial charge >= 0.3 is 0 Å². The van der Waals surface area contributed by atoms with Gasteiger partial charge in [0.2, 0.25) is 5.91 Å². The number of benzene rings is 1. The topological polar surface area (TPSA) is 58.4 Å². The summed E-state index contributed by atoms with van der Waals surface area (Å²) in [4.78, 5) is 14.2. The Morgan fingerprint density at radius 1 is 1.45 bits per heavy atom. The minimum absolute atomic E-state index is 0.0281. The number of nitrogens with two attached hydrogens (primary N) is 1. The van der Waals surface area contributed by atoms with Gasteiger partial charge in [0.1, 0.15) is 0 Å². The van der Waals surface area contributed by atoms with Gasteiger partial charge in [-0.15, -0.1) is 0 Å². The number of likely N-dealkylation sites (N-methyl/N-ethyl adjacent to an activating group) is 1. The maximum atomic E-state index is 12.2. The van der Waals surface area contributed by atoms with Crippen LogP contribution in [0.5, 0.6) is 0 Å². The molecule has 1 saturated carbocycles. The molecule has 110 valence electrons. The summed E-state index contributed by atoms with van der Waals surface area (Å²) in [6.45, 7) is 5.10. The number of nitrogens with zero attached hydrogens (tertiary/aromatic N) is 1. The van der Waals surface area contributed by atoms with Gasteiger partial charge in [0, 0.05) is 18.3 Å².